The number of nitrogens with zero attached hydrogens (tertiary/aromatic N) is 4. The summed E-state index contributed by atoms with van der Waals surface area (Å²) < 4.78 is 1.03. The van der Waals surface area contributed by atoms with E-state index in [9.17, 15) is 0 Å². The van der Waals surface area contributed by atoms with Gasteiger partial charge in [-0.3, -0.25) is 4.98 Å². The predicted molar refractivity (Wildman–Crippen MR) is 122 cm³/mol. The maximum absolute atomic E-state index is 4.77. The first-order valence-corrected chi connectivity index (χ1v) is 11.0. The molecule has 4 heterocycles. The van der Waals surface area contributed by atoms with Crippen molar-refractivity contribution in [3.8, 4) is 10.7 Å². The van der Waals surface area contributed by atoms with Crippen LogP contribution >= 0.6 is 11.3 Å². The van der Waals surface area contributed by atoms with Gasteiger partial charge in [-0.15, -0.1) is 11.3 Å². The largest absolute Gasteiger partial charge is 0.369 e. The Kier molecular flexibility index (Phi) is 5.25. The van der Waals surface area contributed by atoms with Crippen molar-refractivity contribution in [2.24, 2.45) is 0 Å². The Balaban J connectivity index is 1.29. The standard InChI is InChI=1S/C22H23N7S/c1-14-4-3-9-25-21(14)22-27-16-12-20(26-13-17(16)30-22)29-19-6-2-5-18(28-19)24-11-10-23-15-7-8-15/h2-6,9,12-13,15,23H,7-8,10-11H2,1H3,(H2,24,26,28,29). The second kappa shape index (κ2) is 8.33. The third-order valence-electron chi connectivity index (χ3n) is 4.93. The fourth-order valence-corrected chi connectivity index (χ4v) is 4.18. The SMILES string of the molecule is Cc1cccnc1-c1nc2cc(Nc3cccc(NCCNC4CC4)n3)ncc2s1. The van der Waals surface area contributed by atoms with E-state index in [1.165, 1.54) is 12.8 Å². The average molecular weight is 418 g/mol. The molecule has 3 N–H and O–H groups in total. The number of fused-ring (bicyclic) bond motifs is 1. The van der Waals surface area contributed by atoms with Crippen LogP contribution in [0.4, 0.5) is 17.5 Å². The Labute approximate surface area is 179 Å². The molecule has 1 aliphatic carbocycles. The van der Waals surface area contributed by atoms with Crippen molar-refractivity contribution >= 4 is 39.0 Å². The molecule has 0 unspecified atom stereocenters. The minimum absolute atomic E-state index is 0.720. The van der Waals surface area contributed by atoms with Crippen molar-refractivity contribution in [2.45, 2.75) is 25.8 Å². The average Bonchev–Trinajstić information content (AvgIpc) is 3.49. The Bertz CT molecular complexity index is 1170. The van der Waals surface area contributed by atoms with Gasteiger partial charge in [-0.25, -0.2) is 15.0 Å². The van der Waals surface area contributed by atoms with Crippen molar-refractivity contribution < 1.29 is 0 Å². The minimum atomic E-state index is 0.720. The van der Waals surface area contributed by atoms with Gasteiger partial charge >= 0.3 is 0 Å². The Hall–Kier alpha value is -3.10. The number of nitrogens with one attached hydrogen (secondary N) is 3. The highest BCUT2D eigenvalue weighted by Gasteiger charge is 2.19. The molecule has 1 saturated carbocycles. The van der Waals surface area contributed by atoms with Crippen LogP contribution in [0.1, 0.15) is 18.4 Å². The molecular weight excluding hydrogens is 394 g/mol. The molecule has 0 spiro atoms. The number of hydrogen-bond donors (Lipinski definition) is 3. The van der Waals surface area contributed by atoms with Gasteiger partial charge in [0.2, 0.25) is 0 Å². The summed E-state index contributed by atoms with van der Waals surface area (Å²) in [6.45, 7) is 3.85. The van der Waals surface area contributed by atoms with Crippen molar-refractivity contribution in [1.29, 1.82) is 0 Å². The lowest BCUT2D eigenvalue weighted by Crippen LogP contribution is -2.24. The summed E-state index contributed by atoms with van der Waals surface area (Å²) in [4.78, 5) is 18.4. The van der Waals surface area contributed by atoms with Crippen molar-refractivity contribution in [1.82, 2.24) is 25.3 Å². The molecule has 152 valence electrons. The highest BCUT2D eigenvalue weighted by molar-refractivity contribution is 7.21. The fraction of sp³-hybridized carbons (Fsp3) is 0.273. The van der Waals surface area contributed by atoms with E-state index in [1.54, 1.807) is 17.5 Å². The van der Waals surface area contributed by atoms with E-state index < -0.39 is 0 Å². The summed E-state index contributed by atoms with van der Waals surface area (Å²) in [5.74, 6) is 2.32. The first kappa shape index (κ1) is 18.9. The number of pyridine rings is 3. The van der Waals surface area contributed by atoms with Gasteiger partial charge in [0.25, 0.3) is 0 Å². The first-order chi connectivity index (χ1) is 14.7. The number of anilines is 3. The number of rotatable bonds is 8. The van der Waals surface area contributed by atoms with Crippen LogP contribution in [0.15, 0.2) is 48.8 Å². The van der Waals surface area contributed by atoms with Crippen LogP contribution in [0.2, 0.25) is 0 Å². The second-order valence-corrected chi connectivity index (χ2v) is 8.44. The van der Waals surface area contributed by atoms with Crippen LogP contribution in [0.25, 0.3) is 20.9 Å². The molecule has 0 bridgehead atoms. The van der Waals surface area contributed by atoms with E-state index in [0.29, 0.717) is 0 Å². The number of hydrogen-bond acceptors (Lipinski definition) is 8. The molecule has 1 fully saturated rings. The molecular formula is C22H23N7S. The third kappa shape index (κ3) is 4.39. The molecule has 30 heavy (non-hydrogen) atoms. The van der Waals surface area contributed by atoms with E-state index >= 15 is 0 Å². The third-order valence-corrected chi connectivity index (χ3v) is 5.95. The zero-order valence-corrected chi connectivity index (χ0v) is 17.5. The Morgan fingerprint density at radius 2 is 1.90 bits per heavy atom. The van der Waals surface area contributed by atoms with Gasteiger partial charge in [-0.1, -0.05) is 12.1 Å². The summed E-state index contributed by atoms with van der Waals surface area (Å²) in [6.07, 6.45) is 6.25. The normalized spacial score (nSPS) is 13.5. The molecule has 0 aliphatic heterocycles. The lowest BCUT2D eigenvalue weighted by Gasteiger charge is -2.09. The zero-order valence-electron chi connectivity index (χ0n) is 16.7. The van der Waals surface area contributed by atoms with Gasteiger partial charge in [0.1, 0.15) is 28.2 Å². The maximum Gasteiger partial charge on any atom is 0.143 e. The molecule has 0 saturated heterocycles. The summed E-state index contributed by atoms with van der Waals surface area (Å²) >= 11 is 1.60. The van der Waals surface area contributed by atoms with Gasteiger partial charge in [0.05, 0.1) is 10.2 Å². The summed E-state index contributed by atoms with van der Waals surface area (Å²) in [6, 6.07) is 12.6. The molecule has 0 radical (unpaired) electrons. The van der Waals surface area contributed by atoms with Crippen LogP contribution in [0.5, 0.6) is 0 Å². The summed E-state index contributed by atoms with van der Waals surface area (Å²) in [5.41, 5.74) is 2.94. The first-order valence-electron chi connectivity index (χ1n) is 10.1. The molecule has 4 aromatic heterocycles. The lowest BCUT2D eigenvalue weighted by molar-refractivity contribution is 0.700. The molecule has 7 nitrogen and oxygen atoms in total. The van der Waals surface area contributed by atoms with Crippen LogP contribution in [0.3, 0.4) is 0 Å². The van der Waals surface area contributed by atoms with Crippen molar-refractivity contribution in [2.75, 3.05) is 23.7 Å². The van der Waals surface area contributed by atoms with Gasteiger partial charge in [0.15, 0.2) is 0 Å². The van der Waals surface area contributed by atoms with E-state index in [1.807, 2.05) is 49.5 Å². The molecule has 8 heteroatoms. The monoisotopic (exact) mass is 417 g/mol. The molecule has 0 amide bonds. The minimum Gasteiger partial charge on any atom is -0.369 e. The van der Waals surface area contributed by atoms with Gasteiger partial charge in [0, 0.05) is 37.6 Å². The highest BCUT2D eigenvalue weighted by atomic mass is 32.1. The van der Waals surface area contributed by atoms with Gasteiger partial charge < -0.3 is 16.0 Å². The van der Waals surface area contributed by atoms with Crippen molar-refractivity contribution in [3.05, 3.63) is 54.4 Å². The number of aromatic nitrogens is 4. The van der Waals surface area contributed by atoms with Crippen molar-refractivity contribution in [3.63, 3.8) is 0 Å². The Morgan fingerprint density at radius 3 is 2.77 bits per heavy atom. The molecule has 0 aromatic carbocycles. The fourth-order valence-electron chi connectivity index (χ4n) is 3.20. The molecule has 5 rings (SSSR count). The van der Waals surface area contributed by atoms with Crippen LogP contribution in [0, 0.1) is 6.92 Å². The van der Waals surface area contributed by atoms with Crippen LogP contribution in [-0.4, -0.2) is 39.1 Å². The van der Waals surface area contributed by atoms with Crippen LogP contribution < -0.4 is 16.0 Å². The van der Waals surface area contributed by atoms with Gasteiger partial charge in [-0.05, 0) is 43.5 Å². The maximum atomic E-state index is 4.77. The predicted octanol–water partition coefficient (Wildman–Crippen LogP) is 4.36. The van der Waals surface area contributed by atoms with E-state index in [4.69, 9.17) is 4.98 Å². The van der Waals surface area contributed by atoms with Crippen LogP contribution in [-0.2, 0) is 0 Å². The molecule has 0 atom stereocenters. The zero-order chi connectivity index (χ0) is 20.3. The lowest BCUT2D eigenvalue weighted by atomic mass is 10.2. The van der Waals surface area contributed by atoms with E-state index in [-0.39, 0.29) is 0 Å². The van der Waals surface area contributed by atoms with E-state index in [0.717, 1.165) is 63.1 Å². The number of thiazole rings is 1. The quantitative estimate of drug-likeness (QED) is 0.367. The Morgan fingerprint density at radius 1 is 1.00 bits per heavy atom. The summed E-state index contributed by atoms with van der Waals surface area (Å²) in [7, 11) is 0. The highest BCUT2D eigenvalue weighted by Crippen LogP contribution is 2.31. The number of aryl methyl sites for hydroxylation is 1. The second-order valence-electron chi connectivity index (χ2n) is 7.41. The molecule has 1 aliphatic rings. The molecule has 4 aromatic rings. The smallest absolute Gasteiger partial charge is 0.143 e. The topological polar surface area (TPSA) is 87.7 Å². The summed E-state index contributed by atoms with van der Waals surface area (Å²) in [5, 5.41) is 11.0. The van der Waals surface area contributed by atoms with Gasteiger partial charge in [-0.2, -0.15) is 0 Å². The van der Waals surface area contributed by atoms with E-state index in [2.05, 4.69) is 30.9 Å².